The minimum absolute atomic E-state index is 0.170. The molecule has 0 amide bonds. The van der Waals surface area contributed by atoms with Crippen molar-refractivity contribution in [1.82, 2.24) is 5.32 Å². The van der Waals surface area contributed by atoms with E-state index < -0.39 is 11.6 Å². The fourth-order valence-electron chi connectivity index (χ4n) is 2.60. The van der Waals surface area contributed by atoms with Crippen LogP contribution >= 0.6 is 0 Å². The first-order chi connectivity index (χ1) is 9.99. The maximum Gasteiger partial charge on any atom is 0.163 e. The highest BCUT2D eigenvalue weighted by Gasteiger charge is 2.16. The van der Waals surface area contributed by atoms with E-state index in [0.29, 0.717) is 5.56 Å². The third-order valence-electron chi connectivity index (χ3n) is 3.77. The average Bonchev–Trinajstić information content (AvgIpc) is 2.44. The lowest BCUT2D eigenvalue weighted by atomic mass is 10.0. The van der Waals surface area contributed by atoms with Gasteiger partial charge < -0.3 is 5.32 Å². The van der Waals surface area contributed by atoms with Gasteiger partial charge in [0.25, 0.3) is 0 Å². The largest absolute Gasteiger partial charge is 0.307 e. The third kappa shape index (κ3) is 3.88. The van der Waals surface area contributed by atoms with Gasteiger partial charge in [-0.25, -0.2) is 8.78 Å². The van der Waals surface area contributed by atoms with E-state index in [2.05, 4.69) is 31.3 Å². The molecule has 2 atom stereocenters. The lowest BCUT2D eigenvalue weighted by molar-refractivity contribution is 0.441. The number of halogens is 2. The van der Waals surface area contributed by atoms with Crippen molar-refractivity contribution in [3.63, 3.8) is 0 Å². The van der Waals surface area contributed by atoms with Crippen LogP contribution in [0.15, 0.2) is 42.5 Å². The molecular weight excluding hydrogens is 268 g/mol. The van der Waals surface area contributed by atoms with E-state index in [0.717, 1.165) is 12.5 Å². The Morgan fingerprint density at radius 1 is 1.00 bits per heavy atom. The Bertz CT molecular complexity index is 610. The highest BCUT2D eigenvalue weighted by atomic mass is 19.2. The van der Waals surface area contributed by atoms with Crippen LogP contribution in [0.1, 0.15) is 36.6 Å². The molecule has 3 heteroatoms. The summed E-state index contributed by atoms with van der Waals surface area (Å²) < 4.78 is 27.1. The molecule has 21 heavy (non-hydrogen) atoms. The van der Waals surface area contributed by atoms with Gasteiger partial charge in [-0.2, -0.15) is 0 Å². The molecule has 2 aromatic carbocycles. The van der Waals surface area contributed by atoms with E-state index in [1.807, 2.05) is 19.1 Å². The Morgan fingerprint density at radius 3 is 2.43 bits per heavy atom. The number of nitrogens with one attached hydrogen (secondary N) is 1. The van der Waals surface area contributed by atoms with E-state index in [1.54, 1.807) is 6.07 Å². The maximum absolute atomic E-state index is 13.8. The molecule has 0 aliphatic carbocycles. The molecule has 112 valence electrons. The first-order valence-corrected chi connectivity index (χ1v) is 7.23. The Morgan fingerprint density at radius 2 is 1.71 bits per heavy atom. The van der Waals surface area contributed by atoms with Gasteiger partial charge in [0.2, 0.25) is 0 Å². The smallest absolute Gasteiger partial charge is 0.163 e. The zero-order valence-corrected chi connectivity index (χ0v) is 12.7. The molecule has 0 saturated heterocycles. The van der Waals surface area contributed by atoms with E-state index in [-0.39, 0.29) is 12.1 Å². The predicted molar refractivity (Wildman–Crippen MR) is 82.3 cm³/mol. The van der Waals surface area contributed by atoms with Crippen molar-refractivity contribution < 1.29 is 8.78 Å². The maximum atomic E-state index is 13.8. The molecule has 0 aromatic heterocycles. The quantitative estimate of drug-likeness (QED) is 0.851. The topological polar surface area (TPSA) is 12.0 Å². The van der Waals surface area contributed by atoms with Crippen LogP contribution in [0.25, 0.3) is 0 Å². The minimum Gasteiger partial charge on any atom is -0.307 e. The molecule has 0 aliphatic heterocycles. The second kappa shape index (κ2) is 6.81. The van der Waals surface area contributed by atoms with Crippen molar-refractivity contribution >= 4 is 0 Å². The zero-order chi connectivity index (χ0) is 15.4. The number of rotatable bonds is 5. The Kier molecular flexibility index (Phi) is 5.07. The Labute approximate surface area is 125 Å². The molecule has 0 saturated carbocycles. The SMILES string of the molecule is Cc1ccccc1CC(C)NC(C)c1cccc(F)c1F. The van der Waals surface area contributed by atoms with Gasteiger partial charge in [-0.05, 0) is 44.4 Å². The van der Waals surface area contributed by atoms with Gasteiger partial charge in [0.15, 0.2) is 11.6 Å². The molecule has 0 heterocycles. The lowest BCUT2D eigenvalue weighted by Gasteiger charge is -2.21. The van der Waals surface area contributed by atoms with Crippen LogP contribution in [-0.2, 0) is 6.42 Å². The first kappa shape index (κ1) is 15.6. The Balaban J connectivity index is 2.04. The van der Waals surface area contributed by atoms with Crippen LogP contribution in [0, 0.1) is 18.6 Å². The summed E-state index contributed by atoms with van der Waals surface area (Å²) in [5.74, 6) is -1.56. The summed E-state index contributed by atoms with van der Waals surface area (Å²) in [6.45, 7) is 5.99. The standard InChI is InChI=1S/C18H21F2N/c1-12-7-4-5-8-15(12)11-13(2)21-14(3)16-9-6-10-17(19)18(16)20/h4-10,13-14,21H,11H2,1-3H3. The average molecular weight is 289 g/mol. The van der Waals surface area contributed by atoms with E-state index in [1.165, 1.54) is 17.2 Å². The van der Waals surface area contributed by atoms with Crippen molar-refractivity contribution in [2.75, 3.05) is 0 Å². The van der Waals surface area contributed by atoms with Crippen LogP contribution in [-0.4, -0.2) is 6.04 Å². The van der Waals surface area contributed by atoms with Crippen LogP contribution in [0.2, 0.25) is 0 Å². The fourth-order valence-corrected chi connectivity index (χ4v) is 2.60. The number of hydrogen-bond acceptors (Lipinski definition) is 1. The molecule has 0 spiro atoms. The normalized spacial score (nSPS) is 14.0. The summed E-state index contributed by atoms with van der Waals surface area (Å²) in [6.07, 6.45) is 0.855. The van der Waals surface area contributed by atoms with Gasteiger partial charge >= 0.3 is 0 Å². The monoisotopic (exact) mass is 289 g/mol. The van der Waals surface area contributed by atoms with Crippen molar-refractivity contribution in [2.45, 2.75) is 39.3 Å². The third-order valence-corrected chi connectivity index (χ3v) is 3.77. The van der Waals surface area contributed by atoms with Crippen molar-refractivity contribution in [3.8, 4) is 0 Å². The molecule has 2 unspecified atom stereocenters. The molecule has 0 aliphatic rings. The minimum atomic E-state index is -0.798. The van der Waals surface area contributed by atoms with Gasteiger partial charge in [-0.1, -0.05) is 36.4 Å². The second-order valence-electron chi connectivity index (χ2n) is 5.56. The summed E-state index contributed by atoms with van der Waals surface area (Å²) >= 11 is 0. The second-order valence-corrected chi connectivity index (χ2v) is 5.56. The highest BCUT2D eigenvalue weighted by Crippen LogP contribution is 2.20. The summed E-state index contributed by atoms with van der Waals surface area (Å²) in [6, 6.07) is 12.4. The summed E-state index contributed by atoms with van der Waals surface area (Å²) in [5, 5.41) is 3.33. The first-order valence-electron chi connectivity index (χ1n) is 7.23. The van der Waals surface area contributed by atoms with Gasteiger partial charge in [0.05, 0.1) is 0 Å². The summed E-state index contributed by atoms with van der Waals surface area (Å²) in [4.78, 5) is 0. The molecule has 2 rings (SSSR count). The molecule has 1 N–H and O–H groups in total. The van der Waals surface area contributed by atoms with Gasteiger partial charge in [0.1, 0.15) is 0 Å². The molecule has 0 bridgehead atoms. The molecule has 0 radical (unpaired) electrons. The number of benzene rings is 2. The molecular formula is C18H21F2N. The van der Waals surface area contributed by atoms with E-state index in [9.17, 15) is 8.78 Å². The number of aryl methyl sites for hydroxylation is 1. The van der Waals surface area contributed by atoms with Crippen LogP contribution < -0.4 is 5.32 Å². The summed E-state index contributed by atoms with van der Waals surface area (Å²) in [7, 11) is 0. The molecule has 0 fully saturated rings. The van der Waals surface area contributed by atoms with Gasteiger partial charge in [-0.15, -0.1) is 0 Å². The van der Waals surface area contributed by atoms with Crippen LogP contribution in [0.4, 0.5) is 8.78 Å². The Hall–Kier alpha value is -1.74. The van der Waals surface area contributed by atoms with Gasteiger partial charge in [0, 0.05) is 17.6 Å². The summed E-state index contributed by atoms with van der Waals surface area (Å²) in [5.41, 5.74) is 2.88. The highest BCUT2D eigenvalue weighted by molar-refractivity contribution is 5.27. The van der Waals surface area contributed by atoms with E-state index in [4.69, 9.17) is 0 Å². The van der Waals surface area contributed by atoms with Crippen LogP contribution in [0.5, 0.6) is 0 Å². The van der Waals surface area contributed by atoms with Crippen molar-refractivity contribution in [1.29, 1.82) is 0 Å². The van der Waals surface area contributed by atoms with E-state index >= 15 is 0 Å². The molecule has 1 nitrogen and oxygen atoms in total. The molecule has 2 aromatic rings. The van der Waals surface area contributed by atoms with Crippen molar-refractivity contribution in [2.24, 2.45) is 0 Å². The predicted octanol–water partition coefficient (Wildman–Crippen LogP) is 4.56. The van der Waals surface area contributed by atoms with Gasteiger partial charge in [-0.3, -0.25) is 0 Å². The van der Waals surface area contributed by atoms with Crippen LogP contribution in [0.3, 0.4) is 0 Å². The lowest BCUT2D eigenvalue weighted by Crippen LogP contribution is -2.31. The van der Waals surface area contributed by atoms with Crippen molar-refractivity contribution in [3.05, 3.63) is 70.8 Å². The number of hydrogen-bond donors (Lipinski definition) is 1. The fraction of sp³-hybridized carbons (Fsp3) is 0.333. The zero-order valence-electron chi connectivity index (χ0n) is 12.7.